The van der Waals surface area contributed by atoms with Crippen LogP contribution in [0, 0.1) is 0 Å². The van der Waals surface area contributed by atoms with E-state index in [1.54, 1.807) is 6.26 Å². The number of hydrogen-bond acceptors (Lipinski definition) is 5. The molecule has 0 radical (unpaired) electrons. The molecular weight excluding hydrogens is 401 g/mol. The number of alkyl halides is 3. The molecule has 1 fully saturated rings. The molecule has 1 aromatic carbocycles. The van der Waals surface area contributed by atoms with Crippen molar-refractivity contribution in [2.75, 3.05) is 13.2 Å². The van der Waals surface area contributed by atoms with Crippen LogP contribution in [0.1, 0.15) is 29.9 Å². The van der Waals surface area contributed by atoms with E-state index in [9.17, 15) is 13.2 Å². The fraction of sp³-hybridized carbons (Fsp3) is 0.381. The number of rotatable bonds is 7. The van der Waals surface area contributed by atoms with E-state index in [1.165, 1.54) is 23.5 Å². The normalized spacial score (nSPS) is 17.3. The van der Waals surface area contributed by atoms with Crippen molar-refractivity contribution in [1.82, 2.24) is 9.88 Å². The summed E-state index contributed by atoms with van der Waals surface area (Å²) in [5.41, 5.74) is 0.916. The molecule has 2 aromatic heterocycles. The van der Waals surface area contributed by atoms with Gasteiger partial charge in [0.2, 0.25) is 0 Å². The summed E-state index contributed by atoms with van der Waals surface area (Å²) < 4.78 is 49.5. The molecular formula is C21H21F3N2O2S. The van der Waals surface area contributed by atoms with Gasteiger partial charge in [-0.25, -0.2) is 4.98 Å². The Kier molecular flexibility index (Phi) is 6.03. The standard InChI is InChI=1S/C21H21F3N2O2S/c22-21(23,24)16-7-5-15(6-8-16)20-25-17(14-29-20)11-26(12-18-3-1-9-27-18)13-19-4-2-10-28-19/h1,3,5-9,14,19H,2,4,10-13H2. The molecule has 4 nitrogen and oxygen atoms in total. The van der Waals surface area contributed by atoms with E-state index in [-0.39, 0.29) is 6.10 Å². The van der Waals surface area contributed by atoms with Gasteiger partial charge in [0.15, 0.2) is 0 Å². The molecule has 1 atom stereocenters. The number of halogens is 3. The summed E-state index contributed by atoms with van der Waals surface area (Å²) in [5, 5.41) is 2.67. The summed E-state index contributed by atoms with van der Waals surface area (Å²) in [4.78, 5) is 6.88. The second-order valence-electron chi connectivity index (χ2n) is 7.10. The van der Waals surface area contributed by atoms with Crippen LogP contribution in [-0.4, -0.2) is 29.1 Å². The first-order valence-corrected chi connectivity index (χ1v) is 10.3. The third-order valence-corrected chi connectivity index (χ3v) is 5.78. The van der Waals surface area contributed by atoms with E-state index in [2.05, 4.69) is 9.88 Å². The second kappa shape index (κ2) is 8.69. The average Bonchev–Trinajstić information content (AvgIpc) is 3.44. The third-order valence-electron chi connectivity index (χ3n) is 4.84. The molecule has 0 spiro atoms. The fourth-order valence-corrected chi connectivity index (χ4v) is 4.24. The highest BCUT2D eigenvalue weighted by molar-refractivity contribution is 7.13. The van der Waals surface area contributed by atoms with Gasteiger partial charge in [0.25, 0.3) is 0 Å². The molecule has 0 saturated carbocycles. The van der Waals surface area contributed by atoms with Gasteiger partial charge in [-0.05, 0) is 37.1 Å². The largest absolute Gasteiger partial charge is 0.468 e. The molecule has 0 N–H and O–H groups in total. The van der Waals surface area contributed by atoms with Gasteiger partial charge in [-0.15, -0.1) is 11.3 Å². The van der Waals surface area contributed by atoms with Gasteiger partial charge >= 0.3 is 6.18 Å². The Morgan fingerprint density at radius 3 is 2.62 bits per heavy atom. The molecule has 0 bridgehead atoms. The minimum atomic E-state index is -4.33. The predicted octanol–water partition coefficient (Wildman–Crippen LogP) is 5.60. The molecule has 8 heteroatoms. The Morgan fingerprint density at radius 2 is 1.97 bits per heavy atom. The van der Waals surface area contributed by atoms with Crippen LogP contribution in [0.4, 0.5) is 13.2 Å². The Labute approximate surface area is 170 Å². The fourth-order valence-electron chi connectivity index (χ4n) is 3.43. The number of thiazole rings is 1. The molecule has 1 saturated heterocycles. The van der Waals surface area contributed by atoms with Crippen molar-refractivity contribution in [2.24, 2.45) is 0 Å². The molecule has 154 valence electrons. The molecule has 1 aliphatic rings. The van der Waals surface area contributed by atoms with Crippen LogP contribution in [0.3, 0.4) is 0 Å². The summed E-state index contributed by atoms with van der Waals surface area (Å²) in [6.07, 6.45) is -0.346. The molecule has 0 amide bonds. The Morgan fingerprint density at radius 1 is 1.14 bits per heavy atom. The van der Waals surface area contributed by atoms with E-state index in [0.29, 0.717) is 23.7 Å². The maximum atomic E-state index is 12.8. The van der Waals surface area contributed by atoms with Crippen LogP contribution < -0.4 is 0 Å². The van der Waals surface area contributed by atoms with Crippen molar-refractivity contribution in [2.45, 2.75) is 38.2 Å². The zero-order valence-corrected chi connectivity index (χ0v) is 16.5. The zero-order chi connectivity index (χ0) is 20.3. The number of aromatic nitrogens is 1. The highest BCUT2D eigenvalue weighted by Gasteiger charge is 2.30. The van der Waals surface area contributed by atoms with Crippen LogP contribution in [0.5, 0.6) is 0 Å². The number of furan rings is 1. The third kappa shape index (κ3) is 5.26. The van der Waals surface area contributed by atoms with Crippen LogP contribution in [0.15, 0.2) is 52.5 Å². The summed E-state index contributed by atoms with van der Waals surface area (Å²) in [6.45, 7) is 2.86. The zero-order valence-electron chi connectivity index (χ0n) is 15.7. The minimum Gasteiger partial charge on any atom is -0.468 e. The van der Waals surface area contributed by atoms with Gasteiger partial charge in [0.05, 0.1) is 30.2 Å². The summed E-state index contributed by atoms with van der Waals surface area (Å²) >= 11 is 1.43. The van der Waals surface area contributed by atoms with Gasteiger partial charge in [0, 0.05) is 30.6 Å². The Hall–Kier alpha value is -2.16. The smallest absolute Gasteiger partial charge is 0.416 e. The average molecular weight is 422 g/mol. The van der Waals surface area contributed by atoms with Crippen molar-refractivity contribution in [3.63, 3.8) is 0 Å². The van der Waals surface area contributed by atoms with Gasteiger partial charge in [-0.2, -0.15) is 13.2 Å². The number of benzene rings is 1. The number of hydrogen-bond donors (Lipinski definition) is 0. The lowest BCUT2D eigenvalue weighted by molar-refractivity contribution is -0.137. The lowest BCUT2D eigenvalue weighted by Crippen LogP contribution is -2.31. The second-order valence-corrected chi connectivity index (χ2v) is 7.96. The number of nitrogens with zero attached hydrogens (tertiary/aromatic N) is 2. The maximum Gasteiger partial charge on any atom is 0.416 e. The molecule has 1 unspecified atom stereocenters. The van der Waals surface area contributed by atoms with Gasteiger partial charge in [0.1, 0.15) is 10.8 Å². The predicted molar refractivity (Wildman–Crippen MR) is 104 cm³/mol. The first-order chi connectivity index (χ1) is 14.0. The molecule has 3 heterocycles. The molecule has 29 heavy (non-hydrogen) atoms. The van der Waals surface area contributed by atoms with Crippen molar-refractivity contribution < 1.29 is 22.3 Å². The highest BCUT2D eigenvalue weighted by atomic mass is 32.1. The maximum absolute atomic E-state index is 12.8. The van der Waals surface area contributed by atoms with Crippen LogP contribution in [-0.2, 0) is 24.0 Å². The molecule has 3 aromatic rings. The van der Waals surface area contributed by atoms with Crippen molar-refractivity contribution in [3.8, 4) is 10.6 Å². The summed E-state index contributed by atoms with van der Waals surface area (Å²) in [5.74, 6) is 0.876. The monoisotopic (exact) mass is 422 g/mol. The van der Waals surface area contributed by atoms with Crippen LogP contribution in [0.2, 0.25) is 0 Å². The lowest BCUT2D eigenvalue weighted by Gasteiger charge is -2.23. The minimum absolute atomic E-state index is 0.206. The van der Waals surface area contributed by atoms with Crippen LogP contribution in [0.25, 0.3) is 10.6 Å². The lowest BCUT2D eigenvalue weighted by atomic mass is 10.1. The van der Waals surface area contributed by atoms with E-state index in [0.717, 1.165) is 49.6 Å². The number of ether oxygens (including phenoxy) is 1. The van der Waals surface area contributed by atoms with E-state index < -0.39 is 11.7 Å². The Balaban J connectivity index is 1.46. The van der Waals surface area contributed by atoms with Gasteiger partial charge < -0.3 is 9.15 Å². The van der Waals surface area contributed by atoms with E-state index >= 15 is 0 Å². The van der Waals surface area contributed by atoms with Gasteiger partial charge in [-0.3, -0.25) is 4.90 Å². The molecule has 0 aliphatic carbocycles. The highest BCUT2D eigenvalue weighted by Crippen LogP contribution is 2.32. The van der Waals surface area contributed by atoms with E-state index in [1.807, 2.05) is 17.5 Å². The Bertz CT molecular complexity index is 901. The summed E-state index contributed by atoms with van der Waals surface area (Å²) in [6, 6.07) is 8.94. The SMILES string of the molecule is FC(F)(F)c1ccc(-c2nc(CN(Cc3ccco3)CC3CCCO3)cs2)cc1. The molecule has 1 aliphatic heterocycles. The summed E-state index contributed by atoms with van der Waals surface area (Å²) in [7, 11) is 0. The van der Waals surface area contributed by atoms with E-state index in [4.69, 9.17) is 9.15 Å². The van der Waals surface area contributed by atoms with Gasteiger partial charge in [-0.1, -0.05) is 12.1 Å². The van der Waals surface area contributed by atoms with Crippen molar-refractivity contribution in [3.05, 3.63) is 65.1 Å². The first kappa shape index (κ1) is 20.1. The molecule has 4 rings (SSSR count). The van der Waals surface area contributed by atoms with Crippen molar-refractivity contribution in [1.29, 1.82) is 0 Å². The van der Waals surface area contributed by atoms with Crippen LogP contribution >= 0.6 is 11.3 Å². The first-order valence-electron chi connectivity index (χ1n) is 9.46. The quantitative estimate of drug-likeness (QED) is 0.497. The topological polar surface area (TPSA) is 38.5 Å². The van der Waals surface area contributed by atoms with Crippen molar-refractivity contribution >= 4 is 11.3 Å².